The van der Waals surface area contributed by atoms with E-state index in [0.29, 0.717) is 10.7 Å². The summed E-state index contributed by atoms with van der Waals surface area (Å²) in [6, 6.07) is 0. The van der Waals surface area contributed by atoms with Crippen LogP contribution in [-0.4, -0.2) is 61.3 Å². The Morgan fingerprint density at radius 1 is 1.36 bits per heavy atom. The summed E-state index contributed by atoms with van der Waals surface area (Å²) < 4.78 is 5.97. The van der Waals surface area contributed by atoms with Gasteiger partial charge >= 0.3 is 0 Å². The minimum absolute atomic E-state index is 0. The van der Waals surface area contributed by atoms with E-state index < -0.39 is 0 Å². The van der Waals surface area contributed by atoms with E-state index in [9.17, 15) is 0 Å². The Morgan fingerprint density at radius 3 is 2.86 bits per heavy atom. The van der Waals surface area contributed by atoms with Crippen molar-refractivity contribution >= 4 is 41.7 Å². The molecule has 1 aliphatic carbocycles. The first-order chi connectivity index (χ1) is 10.3. The molecule has 0 aromatic rings. The molecule has 1 unspecified atom stereocenters. The van der Waals surface area contributed by atoms with Crippen LogP contribution in [0.5, 0.6) is 0 Å². The van der Waals surface area contributed by atoms with Crippen molar-refractivity contribution in [1.82, 2.24) is 10.2 Å². The molecule has 0 aromatic carbocycles. The van der Waals surface area contributed by atoms with E-state index in [4.69, 9.17) is 4.74 Å². The average Bonchev–Trinajstić information content (AvgIpc) is 3.02. The molecule has 6 heteroatoms. The number of hydrogen-bond acceptors (Lipinski definition) is 3. The number of guanidine groups is 1. The number of nitrogens with one attached hydrogen (secondary N) is 1. The quantitative estimate of drug-likeness (QED) is 0.408. The number of hydrogen-bond donors (Lipinski definition) is 1. The van der Waals surface area contributed by atoms with Crippen LogP contribution in [0.3, 0.4) is 0 Å². The molecule has 22 heavy (non-hydrogen) atoms. The fourth-order valence-electron chi connectivity index (χ4n) is 3.84. The van der Waals surface area contributed by atoms with Gasteiger partial charge in [0, 0.05) is 49.7 Å². The number of nitrogens with zero attached hydrogens (tertiary/aromatic N) is 2. The second-order valence-corrected chi connectivity index (χ2v) is 8.23. The summed E-state index contributed by atoms with van der Waals surface area (Å²) in [6.07, 6.45) is 8.21. The van der Waals surface area contributed by atoms with Gasteiger partial charge < -0.3 is 15.0 Å². The Bertz CT molecular complexity index is 363. The van der Waals surface area contributed by atoms with Crippen LogP contribution in [0.1, 0.15) is 38.5 Å². The zero-order valence-electron chi connectivity index (χ0n) is 13.7. The van der Waals surface area contributed by atoms with Gasteiger partial charge in [0.2, 0.25) is 0 Å². The SMILES string of the molecule is CN=C(NCC1CCOC1)N1CCSC2(CCCCC2)C1.I. The first-order valence-electron chi connectivity index (χ1n) is 8.49. The number of ether oxygens (including phenoxy) is 1. The molecule has 4 nitrogen and oxygen atoms in total. The smallest absolute Gasteiger partial charge is 0.193 e. The van der Waals surface area contributed by atoms with Crippen molar-refractivity contribution in [3.05, 3.63) is 0 Å². The molecule has 3 fully saturated rings. The van der Waals surface area contributed by atoms with E-state index in [2.05, 4.69) is 27.0 Å². The maximum atomic E-state index is 5.46. The molecular formula is C16H30IN3OS. The molecular weight excluding hydrogens is 409 g/mol. The summed E-state index contributed by atoms with van der Waals surface area (Å²) in [6.45, 7) is 5.15. The van der Waals surface area contributed by atoms with E-state index in [0.717, 1.165) is 32.3 Å². The summed E-state index contributed by atoms with van der Waals surface area (Å²) in [4.78, 5) is 7.03. The highest BCUT2D eigenvalue weighted by Crippen LogP contribution is 2.42. The monoisotopic (exact) mass is 439 g/mol. The van der Waals surface area contributed by atoms with Gasteiger partial charge in [0.1, 0.15) is 0 Å². The van der Waals surface area contributed by atoms with E-state index in [1.807, 2.05) is 7.05 Å². The lowest BCUT2D eigenvalue weighted by molar-refractivity contribution is 0.186. The molecule has 1 atom stereocenters. The Labute approximate surface area is 156 Å². The highest BCUT2D eigenvalue weighted by molar-refractivity contribution is 14.0. The summed E-state index contributed by atoms with van der Waals surface area (Å²) >= 11 is 2.22. The molecule has 0 bridgehead atoms. The van der Waals surface area contributed by atoms with Gasteiger partial charge in [-0.25, -0.2) is 0 Å². The standard InChI is InChI=1S/C16H29N3OS.HI/c1-17-15(18-11-14-5-9-20-12-14)19-8-10-21-16(13-19)6-3-2-4-7-16;/h14H,2-13H2,1H3,(H,17,18);1H. The minimum Gasteiger partial charge on any atom is -0.381 e. The number of thioether (sulfide) groups is 1. The van der Waals surface area contributed by atoms with Crippen molar-refractivity contribution in [2.24, 2.45) is 10.9 Å². The van der Waals surface area contributed by atoms with E-state index >= 15 is 0 Å². The van der Waals surface area contributed by atoms with Gasteiger partial charge in [-0.15, -0.1) is 24.0 Å². The molecule has 1 N–H and O–H groups in total. The number of aliphatic imine (C=N–C) groups is 1. The molecule has 1 spiro atoms. The fraction of sp³-hybridized carbons (Fsp3) is 0.938. The van der Waals surface area contributed by atoms with Crippen molar-refractivity contribution < 1.29 is 4.74 Å². The van der Waals surface area contributed by atoms with Crippen LogP contribution in [-0.2, 0) is 4.74 Å². The van der Waals surface area contributed by atoms with Gasteiger partial charge in [-0.1, -0.05) is 19.3 Å². The van der Waals surface area contributed by atoms with Crippen molar-refractivity contribution in [3.8, 4) is 0 Å². The Balaban J connectivity index is 0.00000176. The first kappa shape index (κ1) is 18.6. The maximum absolute atomic E-state index is 5.46. The van der Waals surface area contributed by atoms with Crippen molar-refractivity contribution in [2.75, 3.05) is 45.6 Å². The summed E-state index contributed by atoms with van der Waals surface area (Å²) in [5, 5.41) is 3.59. The van der Waals surface area contributed by atoms with Gasteiger partial charge in [-0.3, -0.25) is 4.99 Å². The van der Waals surface area contributed by atoms with Gasteiger partial charge in [0.05, 0.1) is 6.61 Å². The van der Waals surface area contributed by atoms with Crippen molar-refractivity contribution in [1.29, 1.82) is 0 Å². The molecule has 3 aliphatic rings. The number of halogens is 1. The van der Waals surface area contributed by atoms with Crippen LogP contribution in [0.15, 0.2) is 4.99 Å². The van der Waals surface area contributed by atoms with E-state index in [-0.39, 0.29) is 24.0 Å². The number of rotatable bonds is 2. The molecule has 2 saturated heterocycles. The fourth-order valence-corrected chi connectivity index (χ4v) is 5.41. The highest BCUT2D eigenvalue weighted by atomic mass is 127. The first-order valence-corrected chi connectivity index (χ1v) is 9.47. The molecule has 128 valence electrons. The summed E-state index contributed by atoms with van der Waals surface area (Å²) in [7, 11) is 1.92. The average molecular weight is 439 g/mol. The largest absolute Gasteiger partial charge is 0.381 e. The topological polar surface area (TPSA) is 36.9 Å². The van der Waals surface area contributed by atoms with Crippen LogP contribution in [0.4, 0.5) is 0 Å². The van der Waals surface area contributed by atoms with Crippen LogP contribution in [0.2, 0.25) is 0 Å². The molecule has 1 saturated carbocycles. The molecule has 2 aliphatic heterocycles. The lowest BCUT2D eigenvalue weighted by Crippen LogP contribution is -2.54. The Hall–Kier alpha value is 0.310. The summed E-state index contributed by atoms with van der Waals surface area (Å²) in [5.74, 6) is 3.00. The normalized spacial score (nSPS) is 28.5. The molecule has 0 amide bonds. The van der Waals surface area contributed by atoms with Crippen LogP contribution >= 0.6 is 35.7 Å². The second-order valence-electron chi connectivity index (χ2n) is 6.67. The zero-order valence-corrected chi connectivity index (χ0v) is 16.8. The predicted octanol–water partition coefficient (Wildman–Crippen LogP) is 2.97. The van der Waals surface area contributed by atoms with Crippen LogP contribution in [0, 0.1) is 5.92 Å². The second kappa shape index (κ2) is 8.97. The van der Waals surface area contributed by atoms with Crippen LogP contribution in [0.25, 0.3) is 0 Å². The third kappa shape index (κ3) is 4.66. The van der Waals surface area contributed by atoms with Crippen molar-refractivity contribution in [3.63, 3.8) is 0 Å². The lowest BCUT2D eigenvalue weighted by atomic mass is 9.87. The molecule has 0 aromatic heterocycles. The predicted molar refractivity (Wildman–Crippen MR) is 106 cm³/mol. The lowest BCUT2D eigenvalue weighted by Gasteiger charge is -2.45. The van der Waals surface area contributed by atoms with Gasteiger partial charge in [-0.05, 0) is 19.3 Å². The van der Waals surface area contributed by atoms with Gasteiger partial charge in [0.25, 0.3) is 0 Å². The van der Waals surface area contributed by atoms with Gasteiger partial charge in [-0.2, -0.15) is 11.8 Å². The summed E-state index contributed by atoms with van der Waals surface area (Å²) in [5.41, 5.74) is 0. The third-order valence-corrected chi connectivity index (χ3v) is 6.63. The zero-order chi connectivity index (χ0) is 14.5. The minimum atomic E-state index is 0. The maximum Gasteiger partial charge on any atom is 0.193 e. The van der Waals surface area contributed by atoms with E-state index in [1.54, 1.807) is 0 Å². The van der Waals surface area contributed by atoms with Crippen molar-refractivity contribution in [2.45, 2.75) is 43.3 Å². The van der Waals surface area contributed by atoms with Gasteiger partial charge in [0.15, 0.2) is 5.96 Å². The Kier molecular flexibility index (Phi) is 7.60. The molecule has 0 radical (unpaired) electrons. The Morgan fingerprint density at radius 2 is 2.18 bits per heavy atom. The van der Waals surface area contributed by atoms with E-state index in [1.165, 1.54) is 50.8 Å². The van der Waals surface area contributed by atoms with Crippen LogP contribution < -0.4 is 5.32 Å². The molecule has 2 heterocycles. The molecule has 3 rings (SSSR count). The highest BCUT2D eigenvalue weighted by Gasteiger charge is 2.38. The third-order valence-electron chi connectivity index (χ3n) is 5.10.